The zero-order valence-electron chi connectivity index (χ0n) is 5.23. The van der Waals surface area contributed by atoms with E-state index in [4.69, 9.17) is 0 Å². The van der Waals surface area contributed by atoms with E-state index in [1.165, 1.54) is 5.56 Å². The van der Waals surface area contributed by atoms with E-state index < -0.39 is 0 Å². The van der Waals surface area contributed by atoms with Crippen LogP contribution in [0.2, 0.25) is 0 Å². The molecule has 0 aromatic carbocycles. The van der Waals surface area contributed by atoms with Crippen LogP contribution < -0.4 is 0 Å². The van der Waals surface area contributed by atoms with Gasteiger partial charge in [0.2, 0.25) is 0 Å². The number of hydrogen-bond donors (Lipinski definition) is 1. The summed E-state index contributed by atoms with van der Waals surface area (Å²) in [6, 6.07) is 0. The zero-order chi connectivity index (χ0) is 5.28. The number of nitrogens with zero attached hydrogens (tertiary/aromatic N) is 1. The van der Waals surface area contributed by atoms with E-state index in [1.807, 2.05) is 20.0 Å². The Morgan fingerprint density at radius 3 is 2.25 bits per heavy atom. The third-order valence-electron chi connectivity index (χ3n) is 1.08. The van der Waals surface area contributed by atoms with Crippen LogP contribution in [0.25, 0.3) is 0 Å². The minimum Gasteiger partial charge on any atom is -0.285 e. The average Bonchev–Trinajstić information content (AvgIpc) is 1.91. The van der Waals surface area contributed by atoms with Gasteiger partial charge in [-0.3, -0.25) is 5.10 Å². The van der Waals surface area contributed by atoms with Crippen LogP contribution in [0.4, 0.5) is 0 Å². The average molecular weight is 162 g/mol. The molecule has 8 heavy (non-hydrogen) atoms. The van der Waals surface area contributed by atoms with Gasteiger partial charge in [-0.25, -0.2) is 0 Å². The molecule has 0 aliphatic carbocycles. The Morgan fingerprint density at radius 1 is 1.50 bits per heavy atom. The second-order valence-electron chi connectivity index (χ2n) is 1.65. The van der Waals surface area contributed by atoms with Crippen molar-refractivity contribution in [1.29, 1.82) is 0 Å². The molecule has 1 N–H and O–H groups in total. The number of H-pyrrole nitrogens is 1. The van der Waals surface area contributed by atoms with Gasteiger partial charge in [0.05, 0.1) is 5.69 Å². The van der Waals surface area contributed by atoms with Gasteiger partial charge >= 0.3 is 0 Å². The van der Waals surface area contributed by atoms with E-state index in [-0.39, 0.29) is 19.5 Å². The molecule has 0 spiro atoms. The molecule has 0 unspecified atom stereocenters. The summed E-state index contributed by atoms with van der Waals surface area (Å²) < 4.78 is 0. The second kappa shape index (κ2) is 2.98. The summed E-state index contributed by atoms with van der Waals surface area (Å²) in [5.74, 6) is 0. The summed E-state index contributed by atoms with van der Waals surface area (Å²) in [4.78, 5) is 0. The molecule has 1 rings (SSSR count). The quantitative estimate of drug-likeness (QED) is 0.566. The number of aromatic nitrogens is 2. The molecule has 0 aliphatic heterocycles. The van der Waals surface area contributed by atoms with E-state index in [1.54, 1.807) is 0 Å². The van der Waals surface area contributed by atoms with Gasteiger partial charge in [-0.2, -0.15) is 5.10 Å². The van der Waals surface area contributed by atoms with E-state index >= 15 is 0 Å². The largest absolute Gasteiger partial charge is 0.285 e. The molecule has 40 valence electrons. The van der Waals surface area contributed by atoms with Crippen LogP contribution in [0.5, 0.6) is 0 Å². The number of aromatic amines is 1. The van der Waals surface area contributed by atoms with Crippen molar-refractivity contribution in [3.63, 3.8) is 0 Å². The maximum absolute atomic E-state index is 3.89. The number of hydrogen-bond acceptors (Lipinski definition) is 1. The predicted octanol–water partition coefficient (Wildman–Crippen LogP) is 1.02. The van der Waals surface area contributed by atoms with Crippen molar-refractivity contribution in [3.8, 4) is 0 Å². The minimum absolute atomic E-state index is 0. The topological polar surface area (TPSA) is 28.7 Å². The molecule has 0 radical (unpaired) electrons. The summed E-state index contributed by atoms with van der Waals surface area (Å²) >= 11 is 0. The molecular weight excluding hydrogens is 153 g/mol. The molecule has 2 nitrogen and oxygen atoms in total. The van der Waals surface area contributed by atoms with Gasteiger partial charge in [-0.15, -0.1) is 0 Å². The summed E-state index contributed by atoms with van der Waals surface area (Å²) in [7, 11) is 0. The molecule has 0 aliphatic rings. The molecular formula is C5H8N2Zn. The first kappa shape index (κ1) is 7.83. The smallest absolute Gasteiger partial charge is 0.0620 e. The fourth-order valence-corrected chi connectivity index (χ4v) is 0.419. The Kier molecular flexibility index (Phi) is 2.92. The van der Waals surface area contributed by atoms with E-state index in [2.05, 4.69) is 10.2 Å². The Hall–Kier alpha value is -0.167. The van der Waals surface area contributed by atoms with Gasteiger partial charge in [-0.05, 0) is 19.4 Å². The molecule has 0 fully saturated rings. The van der Waals surface area contributed by atoms with Gasteiger partial charge in [-0.1, -0.05) is 0 Å². The first-order valence-corrected chi connectivity index (χ1v) is 2.27. The number of aryl methyl sites for hydroxylation is 2. The first-order chi connectivity index (χ1) is 3.30. The molecule has 3 heteroatoms. The maximum atomic E-state index is 3.89. The van der Waals surface area contributed by atoms with E-state index in [9.17, 15) is 0 Å². The van der Waals surface area contributed by atoms with Crippen LogP contribution in [0.3, 0.4) is 0 Å². The molecule has 1 aromatic heterocycles. The Bertz CT molecular complexity index is 143. The van der Waals surface area contributed by atoms with E-state index in [0.717, 1.165) is 5.69 Å². The SMILES string of the molecule is Cc1c[nH]nc1C.[Zn]. The number of rotatable bonds is 0. The molecule has 0 atom stereocenters. The van der Waals surface area contributed by atoms with Crippen molar-refractivity contribution in [2.24, 2.45) is 0 Å². The van der Waals surface area contributed by atoms with Crippen LogP contribution in [-0.2, 0) is 19.5 Å². The maximum Gasteiger partial charge on any atom is 0.0620 e. The molecule has 0 saturated heterocycles. The third-order valence-corrected chi connectivity index (χ3v) is 1.08. The molecule has 0 amide bonds. The van der Waals surface area contributed by atoms with Crippen molar-refractivity contribution in [3.05, 3.63) is 17.5 Å². The monoisotopic (exact) mass is 160 g/mol. The van der Waals surface area contributed by atoms with Crippen molar-refractivity contribution in [1.82, 2.24) is 10.2 Å². The zero-order valence-corrected chi connectivity index (χ0v) is 8.20. The summed E-state index contributed by atoms with van der Waals surface area (Å²) in [5, 5.41) is 6.64. The fraction of sp³-hybridized carbons (Fsp3) is 0.400. The van der Waals surface area contributed by atoms with Crippen LogP contribution in [0.15, 0.2) is 6.20 Å². The van der Waals surface area contributed by atoms with Crippen molar-refractivity contribution in [2.75, 3.05) is 0 Å². The standard InChI is InChI=1S/C5H8N2.Zn/c1-4-3-6-7-5(4)2;/h3H,1-2H3,(H,6,7);. The van der Waals surface area contributed by atoms with Crippen molar-refractivity contribution < 1.29 is 19.5 Å². The first-order valence-electron chi connectivity index (χ1n) is 2.27. The Morgan fingerprint density at radius 2 is 2.12 bits per heavy atom. The third kappa shape index (κ3) is 1.41. The normalized spacial score (nSPS) is 8.25. The Labute approximate surface area is 61.4 Å². The van der Waals surface area contributed by atoms with Crippen molar-refractivity contribution in [2.45, 2.75) is 13.8 Å². The fourth-order valence-electron chi connectivity index (χ4n) is 0.419. The summed E-state index contributed by atoms with van der Waals surface area (Å²) in [6.45, 7) is 4.00. The molecule has 1 aromatic rings. The van der Waals surface area contributed by atoms with Gasteiger partial charge in [0.15, 0.2) is 0 Å². The minimum atomic E-state index is 0. The van der Waals surface area contributed by atoms with Gasteiger partial charge in [0.1, 0.15) is 0 Å². The summed E-state index contributed by atoms with van der Waals surface area (Å²) in [6.07, 6.45) is 1.88. The molecule has 1 heterocycles. The second-order valence-corrected chi connectivity index (χ2v) is 1.65. The van der Waals surface area contributed by atoms with Gasteiger partial charge in [0, 0.05) is 25.7 Å². The van der Waals surface area contributed by atoms with E-state index in [0.29, 0.717) is 0 Å². The van der Waals surface area contributed by atoms with Crippen LogP contribution in [0, 0.1) is 13.8 Å². The van der Waals surface area contributed by atoms with Gasteiger partial charge in [0.25, 0.3) is 0 Å². The van der Waals surface area contributed by atoms with Crippen molar-refractivity contribution >= 4 is 0 Å². The van der Waals surface area contributed by atoms with Crippen LogP contribution in [-0.4, -0.2) is 10.2 Å². The molecule has 0 bridgehead atoms. The van der Waals surface area contributed by atoms with Crippen LogP contribution >= 0.6 is 0 Å². The van der Waals surface area contributed by atoms with Crippen LogP contribution in [0.1, 0.15) is 11.3 Å². The predicted molar refractivity (Wildman–Crippen MR) is 28.1 cm³/mol. The summed E-state index contributed by atoms with van der Waals surface area (Å²) in [5.41, 5.74) is 2.31. The number of nitrogens with one attached hydrogen (secondary N) is 1. The molecule has 0 saturated carbocycles. The Balaban J connectivity index is 0.000000490. The van der Waals surface area contributed by atoms with Gasteiger partial charge < -0.3 is 0 Å².